The quantitative estimate of drug-likeness (QED) is 0.789. The van der Waals surface area contributed by atoms with Gasteiger partial charge in [-0.25, -0.2) is 0 Å². The van der Waals surface area contributed by atoms with E-state index in [9.17, 15) is 0 Å². The van der Waals surface area contributed by atoms with Crippen molar-refractivity contribution in [1.82, 2.24) is 0 Å². The predicted molar refractivity (Wildman–Crippen MR) is 62.9 cm³/mol. The molecule has 2 nitrogen and oxygen atoms in total. The van der Waals surface area contributed by atoms with Crippen molar-refractivity contribution >= 4 is 11.3 Å². The standard InChI is InChI=1S/C12H12O2S/c1-13-10-6-4-3-5-9(10)12-11(14-2)7-8-15-12/h3-8H,1-2H3. The molecule has 0 saturated heterocycles. The Morgan fingerprint density at radius 2 is 1.67 bits per heavy atom. The number of ether oxygens (including phenoxy) is 2. The van der Waals surface area contributed by atoms with E-state index in [-0.39, 0.29) is 0 Å². The maximum Gasteiger partial charge on any atom is 0.137 e. The van der Waals surface area contributed by atoms with Gasteiger partial charge in [0.1, 0.15) is 11.5 Å². The van der Waals surface area contributed by atoms with Crippen molar-refractivity contribution in [3.8, 4) is 21.9 Å². The van der Waals surface area contributed by atoms with Crippen molar-refractivity contribution in [3.05, 3.63) is 35.7 Å². The summed E-state index contributed by atoms with van der Waals surface area (Å²) in [4.78, 5) is 1.11. The molecule has 1 aromatic carbocycles. The number of rotatable bonds is 3. The second kappa shape index (κ2) is 4.36. The minimum atomic E-state index is 0.873. The van der Waals surface area contributed by atoms with Crippen LogP contribution in [-0.2, 0) is 0 Å². The molecule has 0 aliphatic rings. The molecule has 0 atom stereocenters. The summed E-state index contributed by atoms with van der Waals surface area (Å²) in [5.74, 6) is 1.77. The number of para-hydroxylation sites is 1. The molecule has 78 valence electrons. The minimum Gasteiger partial charge on any atom is -0.496 e. The lowest BCUT2D eigenvalue weighted by molar-refractivity contribution is 0.411. The number of benzene rings is 1. The summed E-state index contributed by atoms with van der Waals surface area (Å²) in [6.07, 6.45) is 0. The van der Waals surface area contributed by atoms with Crippen LogP contribution in [0.1, 0.15) is 0 Å². The second-order valence-corrected chi connectivity index (χ2v) is 3.93. The van der Waals surface area contributed by atoms with E-state index in [0.717, 1.165) is 21.9 Å². The maximum absolute atomic E-state index is 5.32. The Balaban J connectivity index is 2.53. The van der Waals surface area contributed by atoms with Crippen LogP contribution in [0.15, 0.2) is 35.7 Å². The first kappa shape index (κ1) is 10.1. The summed E-state index contributed by atoms with van der Waals surface area (Å²) in [7, 11) is 3.36. The zero-order valence-corrected chi connectivity index (χ0v) is 9.51. The van der Waals surface area contributed by atoms with Crippen LogP contribution in [0.3, 0.4) is 0 Å². The summed E-state index contributed by atoms with van der Waals surface area (Å²) < 4.78 is 10.6. The molecule has 0 fully saturated rings. The van der Waals surface area contributed by atoms with Crippen molar-refractivity contribution in [2.24, 2.45) is 0 Å². The molecule has 0 bridgehead atoms. The monoisotopic (exact) mass is 220 g/mol. The van der Waals surface area contributed by atoms with E-state index in [1.807, 2.05) is 35.7 Å². The molecular formula is C12H12O2S. The molecule has 0 aliphatic heterocycles. The van der Waals surface area contributed by atoms with Gasteiger partial charge in [-0.2, -0.15) is 0 Å². The summed E-state index contributed by atoms with van der Waals surface area (Å²) >= 11 is 1.65. The lowest BCUT2D eigenvalue weighted by Crippen LogP contribution is -1.87. The topological polar surface area (TPSA) is 18.5 Å². The molecule has 1 aromatic heterocycles. The fourth-order valence-corrected chi connectivity index (χ4v) is 2.38. The summed E-state index contributed by atoms with van der Waals surface area (Å²) in [6, 6.07) is 9.91. The van der Waals surface area contributed by atoms with Crippen molar-refractivity contribution in [2.45, 2.75) is 0 Å². The van der Waals surface area contributed by atoms with E-state index >= 15 is 0 Å². The van der Waals surface area contributed by atoms with Gasteiger partial charge < -0.3 is 9.47 Å². The van der Waals surface area contributed by atoms with Gasteiger partial charge in [-0.1, -0.05) is 12.1 Å². The smallest absolute Gasteiger partial charge is 0.137 e. The molecule has 2 aromatic rings. The fraction of sp³-hybridized carbons (Fsp3) is 0.167. The molecule has 0 saturated carbocycles. The molecule has 0 aliphatic carbocycles. The Morgan fingerprint density at radius 1 is 0.933 bits per heavy atom. The normalized spacial score (nSPS) is 10.0. The van der Waals surface area contributed by atoms with Gasteiger partial charge in [0.05, 0.1) is 19.1 Å². The molecular weight excluding hydrogens is 208 g/mol. The van der Waals surface area contributed by atoms with Gasteiger partial charge in [0.15, 0.2) is 0 Å². The molecule has 0 N–H and O–H groups in total. The van der Waals surface area contributed by atoms with Gasteiger partial charge in [-0.05, 0) is 23.6 Å². The number of thiophene rings is 1. The highest BCUT2D eigenvalue weighted by molar-refractivity contribution is 7.14. The van der Waals surface area contributed by atoms with Crippen molar-refractivity contribution in [3.63, 3.8) is 0 Å². The Hall–Kier alpha value is -1.48. The number of hydrogen-bond acceptors (Lipinski definition) is 3. The predicted octanol–water partition coefficient (Wildman–Crippen LogP) is 3.43. The van der Waals surface area contributed by atoms with Crippen LogP contribution >= 0.6 is 11.3 Å². The van der Waals surface area contributed by atoms with Crippen molar-refractivity contribution in [1.29, 1.82) is 0 Å². The van der Waals surface area contributed by atoms with E-state index < -0.39 is 0 Å². The number of methoxy groups -OCH3 is 2. The van der Waals surface area contributed by atoms with Crippen LogP contribution in [0.2, 0.25) is 0 Å². The average molecular weight is 220 g/mol. The molecule has 1 heterocycles. The highest BCUT2D eigenvalue weighted by atomic mass is 32.1. The maximum atomic E-state index is 5.32. The Labute approximate surface area is 93.1 Å². The molecule has 15 heavy (non-hydrogen) atoms. The lowest BCUT2D eigenvalue weighted by Gasteiger charge is -2.07. The summed E-state index contributed by atoms with van der Waals surface area (Å²) in [6.45, 7) is 0. The zero-order valence-electron chi connectivity index (χ0n) is 8.69. The van der Waals surface area contributed by atoms with E-state index in [1.165, 1.54) is 0 Å². The minimum absolute atomic E-state index is 0.873. The SMILES string of the molecule is COc1ccccc1-c1sccc1OC. The van der Waals surface area contributed by atoms with Crippen molar-refractivity contribution in [2.75, 3.05) is 14.2 Å². The molecule has 0 radical (unpaired) electrons. The molecule has 0 unspecified atom stereocenters. The summed E-state index contributed by atoms with van der Waals surface area (Å²) in [5, 5.41) is 2.01. The van der Waals surface area contributed by atoms with Crippen LogP contribution in [0, 0.1) is 0 Å². The van der Waals surface area contributed by atoms with E-state index in [4.69, 9.17) is 9.47 Å². The first-order valence-electron chi connectivity index (χ1n) is 4.61. The molecule has 2 rings (SSSR count). The third-order valence-corrected chi connectivity index (χ3v) is 3.13. The Bertz CT molecular complexity index is 448. The Kier molecular flexibility index (Phi) is 2.92. The number of hydrogen-bond donors (Lipinski definition) is 0. The van der Waals surface area contributed by atoms with Crippen LogP contribution in [0.4, 0.5) is 0 Å². The lowest BCUT2D eigenvalue weighted by atomic mass is 10.1. The first-order chi connectivity index (χ1) is 7.36. The van der Waals surface area contributed by atoms with Gasteiger partial charge in [-0.3, -0.25) is 0 Å². The Morgan fingerprint density at radius 3 is 2.40 bits per heavy atom. The second-order valence-electron chi connectivity index (χ2n) is 3.02. The van der Waals surface area contributed by atoms with Crippen LogP contribution in [0.25, 0.3) is 10.4 Å². The average Bonchev–Trinajstić information content (AvgIpc) is 2.76. The van der Waals surface area contributed by atoms with Gasteiger partial charge in [0.2, 0.25) is 0 Å². The van der Waals surface area contributed by atoms with E-state index in [0.29, 0.717) is 0 Å². The van der Waals surface area contributed by atoms with Gasteiger partial charge in [-0.15, -0.1) is 11.3 Å². The van der Waals surface area contributed by atoms with Gasteiger partial charge in [0.25, 0.3) is 0 Å². The highest BCUT2D eigenvalue weighted by Crippen LogP contribution is 2.39. The van der Waals surface area contributed by atoms with Crippen molar-refractivity contribution < 1.29 is 9.47 Å². The molecule has 3 heteroatoms. The van der Waals surface area contributed by atoms with Crippen LogP contribution in [-0.4, -0.2) is 14.2 Å². The third kappa shape index (κ3) is 1.83. The van der Waals surface area contributed by atoms with Crippen LogP contribution in [0.5, 0.6) is 11.5 Å². The van der Waals surface area contributed by atoms with E-state index in [1.54, 1.807) is 25.6 Å². The third-order valence-electron chi connectivity index (χ3n) is 2.20. The van der Waals surface area contributed by atoms with E-state index in [2.05, 4.69) is 0 Å². The van der Waals surface area contributed by atoms with Crippen LogP contribution < -0.4 is 9.47 Å². The first-order valence-corrected chi connectivity index (χ1v) is 5.49. The molecule has 0 amide bonds. The van der Waals surface area contributed by atoms with Gasteiger partial charge >= 0.3 is 0 Å². The molecule has 0 spiro atoms. The highest BCUT2D eigenvalue weighted by Gasteiger charge is 2.11. The summed E-state index contributed by atoms with van der Waals surface area (Å²) in [5.41, 5.74) is 1.08. The fourth-order valence-electron chi connectivity index (χ4n) is 1.49. The zero-order chi connectivity index (χ0) is 10.7. The largest absolute Gasteiger partial charge is 0.496 e. The van der Waals surface area contributed by atoms with Gasteiger partial charge in [0, 0.05) is 5.56 Å².